The van der Waals surface area contributed by atoms with Gasteiger partial charge in [-0.1, -0.05) is 23.9 Å². The van der Waals surface area contributed by atoms with Gasteiger partial charge in [0.05, 0.1) is 12.8 Å². The van der Waals surface area contributed by atoms with E-state index in [0.29, 0.717) is 17.3 Å². The summed E-state index contributed by atoms with van der Waals surface area (Å²) in [5.41, 5.74) is 1.62. The second kappa shape index (κ2) is 6.65. The molecule has 1 unspecified atom stereocenters. The number of halogens is 1. The number of aliphatic imine (C=N–C) groups is 1. The lowest BCUT2D eigenvalue weighted by molar-refractivity contribution is -0.121. The van der Waals surface area contributed by atoms with Gasteiger partial charge in [0.1, 0.15) is 16.3 Å². The van der Waals surface area contributed by atoms with Gasteiger partial charge in [-0.3, -0.25) is 4.79 Å². The van der Waals surface area contributed by atoms with Crippen molar-refractivity contribution < 1.29 is 13.9 Å². The Morgan fingerprint density at radius 3 is 2.71 bits per heavy atom. The molecule has 3 rings (SSSR count). The van der Waals surface area contributed by atoms with Crippen LogP contribution >= 0.6 is 11.8 Å². The van der Waals surface area contributed by atoms with Gasteiger partial charge in [-0.15, -0.1) is 0 Å². The van der Waals surface area contributed by atoms with E-state index >= 15 is 0 Å². The fourth-order valence-corrected chi connectivity index (χ4v) is 3.59. The fourth-order valence-electron chi connectivity index (χ4n) is 2.49. The van der Waals surface area contributed by atoms with Gasteiger partial charge < -0.3 is 10.1 Å². The molecule has 0 bridgehead atoms. The fraction of sp³-hybridized carbons (Fsp3) is 0.222. The van der Waals surface area contributed by atoms with Gasteiger partial charge in [-0.25, -0.2) is 9.38 Å². The molecule has 1 fully saturated rings. The van der Waals surface area contributed by atoms with Crippen molar-refractivity contribution in [2.75, 3.05) is 7.11 Å². The third kappa shape index (κ3) is 3.59. The van der Waals surface area contributed by atoms with Gasteiger partial charge in [0, 0.05) is 0 Å². The number of benzene rings is 2. The normalized spacial score (nSPS) is 21.8. The quantitative estimate of drug-likeness (QED) is 0.920. The van der Waals surface area contributed by atoms with Crippen LogP contribution in [0.1, 0.15) is 12.5 Å². The van der Waals surface area contributed by atoms with E-state index in [1.807, 2.05) is 31.2 Å². The van der Waals surface area contributed by atoms with Crippen LogP contribution in [0.3, 0.4) is 0 Å². The van der Waals surface area contributed by atoms with E-state index < -0.39 is 4.75 Å². The largest absolute Gasteiger partial charge is 0.497 e. The first-order valence-corrected chi connectivity index (χ1v) is 8.28. The van der Waals surface area contributed by atoms with E-state index in [0.717, 1.165) is 11.3 Å². The van der Waals surface area contributed by atoms with Crippen LogP contribution in [-0.2, 0) is 11.2 Å². The minimum Gasteiger partial charge on any atom is -0.497 e. The predicted octanol–water partition coefficient (Wildman–Crippen LogP) is 3.69. The Labute approximate surface area is 144 Å². The first kappa shape index (κ1) is 16.5. The molecular weight excluding hydrogens is 327 g/mol. The zero-order chi connectivity index (χ0) is 17.2. The number of methoxy groups -OCH3 is 1. The summed E-state index contributed by atoms with van der Waals surface area (Å²) in [6, 6.07) is 13.5. The summed E-state index contributed by atoms with van der Waals surface area (Å²) < 4.78 is 17.5. The molecule has 1 saturated heterocycles. The van der Waals surface area contributed by atoms with Crippen LogP contribution in [0.2, 0.25) is 0 Å². The van der Waals surface area contributed by atoms with Crippen molar-refractivity contribution >= 4 is 28.5 Å². The molecule has 1 aliphatic heterocycles. The average Bonchev–Trinajstić information content (AvgIpc) is 2.83. The highest BCUT2D eigenvalue weighted by Crippen LogP contribution is 2.36. The maximum absolute atomic E-state index is 13.0. The highest BCUT2D eigenvalue weighted by Gasteiger charge is 2.42. The van der Waals surface area contributed by atoms with Gasteiger partial charge in [-0.05, 0) is 55.3 Å². The number of rotatable bonds is 4. The van der Waals surface area contributed by atoms with Gasteiger partial charge in [0.25, 0.3) is 0 Å². The number of carbonyl (C=O) groups excluding carboxylic acids is 1. The Hall–Kier alpha value is -2.34. The van der Waals surface area contributed by atoms with E-state index in [4.69, 9.17) is 4.74 Å². The maximum atomic E-state index is 13.0. The highest BCUT2D eigenvalue weighted by molar-refractivity contribution is 8.16. The highest BCUT2D eigenvalue weighted by atomic mass is 32.2. The van der Waals surface area contributed by atoms with Crippen LogP contribution in [0.25, 0.3) is 0 Å². The van der Waals surface area contributed by atoms with Gasteiger partial charge in [0.2, 0.25) is 5.91 Å². The lowest BCUT2D eigenvalue weighted by Gasteiger charge is -2.18. The molecule has 2 aromatic carbocycles. The molecule has 0 aliphatic carbocycles. The van der Waals surface area contributed by atoms with Crippen LogP contribution in [0, 0.1) is 5.82 Å². The van der Waals surface area contributed by atoms with Gasteiger partial charge in [-0.2, -0.15) is 0 Å². The van der Waals surface area contributed by atoms with Crippen molar-refractivity contribution in [3.05, 3.63) is 59.9 Å². The van der Waals surface area contributed by atoms with Crippen molar-refractivity contribution in [3.8, 4) is 5.75 Å². The first-order valence-electron chi connectivity index (χ1n) is 7.46. The third-order valence-corrected chi connectivity index (χ3v) is 4.92. The monoisotopic (exact) mass is 344 g/mol. The number of amidine groups is 1. The summed E-state index contributed by atoms with van der Waals surface area (Å²) in [4.78, 5) is 16.8. The molecule has 1 N–H and O–H groups in total. The Balaban J connectivity index is 1.78. The number of ether oxygens (including phenoxy) is 1. The van der Waals surface area contributed by atoms with E-state index in [2.05, 4.69) is 10.3 Å². The number of carbonyl (C=O) groups is 1. The molecule has 6 heteroatoms. The Kier molecular flexibility index (Phi) is 4.57. The molecule has 1 atom stereocenters. The number of hydrogen-bond donors (Lipinski definition) is 1. The molecule has 2 aromatic rings. The summed E-state index contributed by atoms with van der Waals surface area (Å²) in [6.07, 6.45) is 0.559. The number of hydrogen-bond acceptors (Lipinski definition) is 4. The van der Waals surface area contributed by atoms with Gasteiger partial charge in [0.15, 0.2) is 5.17 Å². The SMILES string of the molecule is COc1cccc(CC2(C)SC(=Nc3ccc(F)cc3)NC2=O)c1. The standard InChI is InChI=1S/C18H17FN2O2S/c1-18(11-12-4-3-5-15(10-12)23-2)16(22)21-17(24-18)20-14-8-6-13(19)7-9-14/h3-10H,11H2,1-2H3,(H,20,21,22). The number of nitrogens with one attached hydrogen (secondary N) is 1. The zero-order valence-corrected chi connectivity index (χ0v) is 14.2. The van der Waals surface area contributed by atoms with E-state index in [1.165, 1.54) is 23.9 Å². The second-order valence-electron chi connectivity index (χ2n) is 5.71. The summed E-state index contributed by atoms with van der Waals surface area (Å²) in [5.74, 6) is 0.362. The van der Waals surface area contributed by atoms with Crippen molar-refractivity contribution in [2.24, 2.45) is 4.99 Å². The third-order valence-electron chi connectivity index (χ3n) is 3.76. The minimum atomic E-state index is -0.648. The van der Waals surface area contributed by atoms with Gasteiger partial charge >= 0.3 is 0 Å². The average molecular weight is 344 g/mol. The van der Waals surface area contributed by atoms with Crippen molar-refractivity contribution in [1.82, 2.24) is 5.32 Å². The van der Waals surface area contributed by atoms with E-state index in [1.54, 1.807) is 19.2 Å². The minimum absolute atomic E-state index is 0.0869. The molecule has 0 aromatic heterocycles. The molecule has 1 heterocycles. The maximum Gasteiger partial charge on any atom is 0.242 e. The summed E-state index contributed by atoms with van der Waals surface area (Å²) in [7, 11) is 1.62. The molecule has 24 heavy (non-hydrogen) atoms. The Morgan fingerprint density at radius 2 is 2.00 bits per heavy atom. The molecule has 0 saturated carbocycles. The lowest BCUT2D eigenvalue weighted by atomic mass is 9.99. The number of thioether (sulfide) groups is 1. The molecule has 124 valence electrons. The van der Waals surface area contributed by atoms with Crippen molar-refractivity contribution in [2.45, 2.75) is 18.1 Å². The van der Waals surface area contributed by atoms with Crippen LogP contribution < -0.4 is 10.1 Å². The Morgan fingerprint density at radius 1 is 1.25 bits per heavy atom. The number of amides is 1. The zero-order valence-electron chi connectivity index (χ0n) is 13.4. The second-order valence-corrected chi connectivity index (χ2v) is 7.20. The van der Waals surface area contributed by atoms with Crippen molar-refractivity contribution in [3.63, 3.8) is 0 Å². The molecule has 1 amide bonds. The van der Waals surface area contributed by atoms with Crippen LogP contribution in [-0.4, -0.2) is 22.9 Å². The summed E-state index contributed by atoms with van der Waals surface area (Å²) in [6.45, 7) is 1.89. The summed E-state index contributed by atoms with van der Waals surface area (Å²) in [5, 5.41) is 3.33. The molecule has 4 nitrogen and oxygen atoms in total. The topological polar surface area (TPSA) is 50.7 Å². The Bertz CT molecular complexity index is 792. The van der Waals surface area contributed by atoms with Crippen LogP contribution in [0.4, 0.5) is 10.1 Å². The predicted molar refractivity (Wildman–Crippen MR) is 94.3 cm³/mol. The van der Waals surface area contributed by atoms with E-state index in [9.17, 15) is 9.18 Å². The molecule has 0 radical (unpaired) electrons. The summed E-state index contributed by atoms with van der Waals surface area (Å²) >= 11 is 1.38. The van der Waals surface area contributed by atoms with Crippen LogP contribution in [0.5, 0.6) is 5.75 Å². The molecule has 1 aliphatic rings. The first-order chi connectivity index (χ1) is 11.5. The van der Waals surface area contributed by atoms with Crippen LogP contribution in [0.15, 0.2) is 53.5 Å². The smallest absolute Gasteiger partial charge is 0.242 e. The lowest BCUT2D eigenvalue weighted by Crippen LogP contribution is -2.35. The number of nitrogens with zero attached hydrogens (tertiary/aromatic N) is 1. The van der Waals surface area contributed by atoms with E-state index in [-0.39, 0.29) is 11.7 Å². The molecular formula is C18H17FN2O2S. The van der Waals surface area contributed by atoms with Crippen molar-refractivity contribution in [1.29, 1.82) is 0 Å². The molecule has 0 spiro atoms.